The molecule has 2 heterocycles. The summed E-state index contributed by atoms with van der Waals surface area (Å²) in [7, 11) is 1.74. The van der Waals surface area contributed by atoms with E-state index in [0.717, 1.165) is 36.3 Å². The van der Waals surface area contributed by atoms with Crippen LogP contribution < -0.4 is 10.6 Å². The lowest BCUT2D eigenvalue weighted by Gasteiger charge is -2.43. The summed E-state index contributed by atoms with van der Waals surface area (Å²) in [5, 5.41) is 19.4. The van der Waals surface area contributed by atoms with Gasteiger partial charge in [-0.25, -0.2) is 23.4 Å². The van der Waals surface area contributed by atoms with Gasteiger partial charge in [-0.1, -0.05) is 23.8 Å². The van der Waals surface area contributed by atoms with E-state index >= 15 is 0 Å². The smallest absolute Gasteiger partial charge is 0.412 e. The Labute approximate surface area is 258 Å². The van der Waals surface area contributed by atoms with E-state index in [9.17, 15) is 28.3 Å². The van der Waals surface area contributed by atoms with Crippen molar-refractivity contribution in [2.24, 2.45) is 7.05 Å². The summed E-state index contributed by atoms with van der Waals surface area (Å²) in [4.78, 5) is 44.2. The molecule has 238 valence electrons. The molecule has 0 spiro atoms. The lowest BCUT2D eigenvalue weighted by atomic mass is 9.81. The van der Waals surface area contributed by atoms with Crippen molar-refractivity contribution in [2.45, 2.75) is 90.3 Å². The monoisotopic (exact) mass is 632 g/mol. The van der Waals surface area contributed by atoms with Crippen molar-refractivity contribution in [1.29, 1.82) is 0 Å². The maximum atomic E-state index is 14.6. The molecule has 1 saturated carbocycles. The van der Waals surface area contributed by atoms with Gasteiger partial charge in [0.2, 0.25) is 0 Å². The van der Waals surface area contributed by atoms with E-state index in [1.807, 2.05) is 20.8 Å². The molecule has 11 nitrogen and oxygen atoms in total. The summed E-state index contributed by atoms with van der Waals surface area (Å²) < 4.78 is 36.3. The van der Waals surface area contributed by atoms with E-state index in [4.69, 9.17) is 4.74 Å². The third-order valence-corrected chi connectivity index (χ3v) is 8.18. The highest BCUT2D eigenvalue weighted by molar-refractivity contribution is 7.19. The lowest BCUT2D eigenvalue weighted by molar-refractivity contribution is 0.0531. The fourth-order valence-corrected chi connectivity index (χ4v) is 6.61. The van der Waals surface area contributed by atoms with Crippen LogP contribution in [0.3, 0.4) is 0 Å². The molecule has 2 atom stereocenters. The topological polar surface area (TPSA) is 139 Å². The van der Waals surface area contributed by atoms with Crippen LogP contribution in [0.15, 0.2) is 24.4 Å². The quantitative estimate of drug-likeness (QED) is 0.261. The average molecular weight is 633 g/mol. The zero-order valence-corrected chi connectivity index (χ0v) is 26.6. The van der Waals surface area contributed by atoms with Crippen LogP contribution in [0.4, 0.5) is 29.1 Å². The Bertz CT molecular complexity index is 1540. The van der Waals surface area contributed by atoms with E-state index in [1.165, 1.54) is 17.2 Å². The van der Waals surface area contributed by atoms with Gasteiger partial charge in [-0.2, -0.15) is 5.10 Å². The van der Waals surface area contributed by atoms with Crippen molar-refractivity contribution in [1.82, 2.24) is 19.7 Å². The Morgan fingerprint density at radius 1 is 1.09 bits per heavy atom. The summed E-state index contributed by atoms with van der Waals surface area (Å²) in [5.74, 6) is -2.60. The van der Waals surface area contributed by atoms with Gasteiger partial charge in [0.1, 0.15) is 27.2 Å². The lowest BCUT2D eigenvalue weighted by Crippen LogP contribution is -2.52. The highest BCUT2D eigenvalue weighted by Gasteiger charge is 2.38. The molecule has 0 saturated heterocycles. The first kappa shape index (κ1) is 32.8. The van der Waals surface area contributed by atoms with E-state index in [-0.39, 0.29) is 27.7 Å². The van der Waals surface area contributed by atoms with Crippen LogP contribution in [0.1, 0.15) is 89.3 Å². The van der Waals surface area contributed by atoms with Crippen LogP contribution in [0.2, 0.25) is 0 Å². The normalized spacial score (nSPS) is 17.2. The third kappa shape index (κ3) is 7.34. The van der Waals surface area contributed by atoms with Crippen molar-refractivity contribution in [3.05, 3.63) is 47.4 Å². The number of halogens is 2. The Morgan fingerprint density at radius 3 is 2.34 bits per heavy atom. The molecule has 1 fully saturated rings. The van der Waals surface area contributed by atoms with Crippen molar-refractivity contribution in [3.8, 4) is 10.6 Å². The van der Waals surface area contributed by atoms with E-state index in [2.05, 4.69) is 20.7 Å². The van der Waals surface area contributed by atoms with Crippen LogP contribution in [0.5, 0.6) is 0 Å². The number of rotatable bonds is 6. The van der Waals surface area contributed by atoms with Crippen molar-refractivity contribution >= 4 is 40.1 Å². The molecule has 0 aliphatic heterocycles. The van der Waals surface area contributed by atoms with Gasteiger partial charge < -0.3 is 20.1 Å². The Hall–Kier alpha value is -4.07. The third-order valence-electron chi connectivity index (χ3n) is 7.19. The number of aryl methyl sites for hydroxylation is 1. The average Bonchev–Trinajstić information content (AvgIpc) is 3.44. The number of carbonyl (C=O) groups excluding carboxylic acids is 2. The molecule has 14 heteroatoms. The number of thiazole rings is 1. The number of ether oxygens (including phenoxy) is 1. The maximum absolute atomic E-state index is 14.6. The molecule has 0 bridgehead atoms. The molecule has 1 aliphatic rings. The minimum atomic E-state index is -0.989. The molecule has 0 radical (unpaired) electrons. The molecular weight excluding hydrogens is 594 g/mol. The number of anilines is 2. The molecule has 3 amide bonds. The van der Waals surface area contributed by atoms with Gasteiger partial charge in [0.25, 0.3) is 5.91 Å². The summed E-state index contributed by atoms with van der Waals surface area (Å²) >= 11 is 0.734. The molecule has 1 aromatic carbocycles. The predicted molar refractivity (Wildman–Crippen MR) is 163 cm³/mol. The van der Waals surface area contributed by atoms with Crippen LogP contribution >= 0.6 is 11.3 Å². The molecule has 1 aliphatic carbocycles. The van der Waals surface area contributed by atoms with Gasteiger partial charge >= 0.3 is 12.2 Å². The van der Waals surface area contributed by atoms with Gasteiger partial charge in [0, 0.05) is 24.5 Å². The van der Waals surface area contributed by atoms with Gasteiger partial charge in [-0.05, 0) is 72.9 Å². The van der Waals surface area contributed by atoms with Crippen molar-refractivity contribution in [2.75, 3.05) is 10.6 Å². The van der Waals surface area contributed by atoms with Crippen LogP contribution in [0, 0.1) is 11.6 Å². The number of carboxylic acid groups (broad SMARTS) is 1. The van der Waals surface area contributed by atoms with Crippen molar-refractivity contribution in [3.63, 3.8) is 0 Å². The Kier molecular flexibility index (Phi) is 9.33. The number of nitrogens with one attached hydrogen (secondary N) is 2. The SMILES string of the molecule is Cn1ncc(NC(=O)c2nc(-c3c(F)cccc3F)sc2NC(=O)OC(C)(C)C)c1C1CCCC(N(C(=O)O)C(C)(C)C)C1. The molecular formula is C30H38F2N6O5S. The van der Waals surface area contributed by atoms with E-state index in [1.54, 1.807) is 32.5 Å². The number of carbonyl (C=O) groups is 3. The fourth-order valence-electron chi connectivity index (χ4n) is 5.61. The first-order valence-corrected chi connectivity index (χ1v) is 15.1. The highest BCUT2D eigenvalue weighted by Crippen LogP contribution is 2.41. The maximum Gasteiger partial charge on any atom is 0.412 e. The molecule has 3 N–H and O–H groups in total. The van der Waals surface area contributed by atoms with Gasteiger partial charge in [0.05, 0.1) is 23.1 Å². The molecule has 2 aromatic heterocycles. The van der Waals surface area contributed by atoms with Crippen LogP contribution in [-0.2, 0) is 11.8 Å². The number of nitrogens with zero attached hydrogens (tertiary/aromatic N) is 4. The van der Waals surface area contributed by atoms with E-state index < -0.39 is 46.4 Å². The predicted octanol–water partition coefficient (Wildman–Crippen LogP) is 7.23. The zero-order chi connectivity index (χ0) is 32.6. The fraction of sp³-hybridized carbons (Fsp3) is 0.500. The number of benzene rings is 1. The second-order valence-corrected chi connectivity index (χ2v) is 13.8. The summed E-state index contributed by atoms with van der Waals surface area (Å²) in [5.41, 5.74) is -1.04. The second kappa shape index (κ2) is 12.5. The molecule has 4 rings (SSSR count). The summed E-state index contributed by atoms with van der Waals surface area (Å²) in [6.45, 7) is 10.6. The number of hydrogen-bond acceptors (Lipinski definition) is 7. The van der Waals surface area contributed by atoms with Crippen molar-refractivity contribution < 1.29 is 33.0 Å². The summed E-state index contributed by atoms with van der Waals surface area (Å²) in [6, 6.07) is 3.13. The standard InChI is InChI=1S/C30H38F2N6O5S/c1-29(2,3)38(28(41)42)17-11-8-10-16(14-17)23-20(15-33-37(23)7)34-24(39)22-26(36-27(40)43-30(4,5)6)44-25(35-22)21-18(31)12-9-13-19(21)32/h9,12-13,15-17H,8,10-11,14H2,1-7H3,(H,34,39)(H,36,40)(H,41,42). The minimum absolute atomic E-state index is 0.0557. The van der Waals surface area contributed by atoms with Crippen LogP contribution in [0.25, 0.3) is 10.6 Å². The van der Waals surface area contributed by atoms with Crippen LogP contribution in [-0.4, -0.2) is 60.0 Å². The zero-order valence-electron chi connectivity index (χ0n) is 25.8. The first-order chi connectivity index (χ1) is 20.5. The highest BCUT2D eigenvalue weighted by atomic mass is 32.1. The number of aromatic nitrogens is 3. The minimum Gasteiger partial charge on any atom is -0.465 e. The summed E-state index contributed by atoms with van der Waals surface area (Å²) in [6.07, 6.45) is 2.42. The Balaban J connectivity index is 1.66. The molecule has 2 unspecified atom stereocenters. The largest absolute Gasteiger partial charge is 0.465 e. The number of amides is 3. The van der Waals surface area contributed by atoms with Gasteiger partial charge in [-0.15, -0.1) is 0 Å². The Morgan fingerprint density at radius 2 is 1.75 bits per heavy atom. The number of hydrogen-bond donors (Lipinski definition) is 3. The van der Waals surface area contributed by atoms with Gasteiger partial charge in [0.15, 0.2) is 5.69 Å². The van der Waals surface area contributed by atoms with Gasteiger partial charge in [-0.3, -0.25) is 14.8 Å². The second-order valence-electron chi connectivity index (χ2n) is 12.8. The van der Waals surface area contributed by atoms with E-state index in [0.29, 0.717) is 24.2 Å². The molecule has 3 aromatic rings. The molecule has 44 heavy (non-hydrogen) atoms. The first-order valence-electron chi connectivity index (χ1n) is 14.3.